The molecule has 1 aliphatic rings. The van der Waals surface area contributed by atoms with Crippen molar-refractivity contribution in [1.29, 1.82) is 0 Å². The summed E-state index contributed by atoms with van der Waals surface area (Å²) in [7, 11) is -3.78. The number of nitrogens with zero attached hydrogens (tertiary/aromatic N) is 1. The van der Waals surface area contributed by atoms with Gasteiger partial charge in [0, 0.05) is 12.6 Å². The molecular weight excluding hydrogens is 244 g/mol. The lowest BCUT2D eigenvalue weighted by molar-refractivity contribution is -0.136. The number of carbonyl (C=O) groups is 1. The Morgan fingerprint density at radius 3 is 2.35 bits per heavy atom. The Balaban J connectivity index is 2.49. The molecule has 1 aliphatic heterocycles. The Morgan fingerprint density at radius 1 is 1.35 bits per heavy atom. The summed E-state index contributed by atoms with van der Waals surface area (Å²) in [5, 5.41) is 7.27. The summed E-state index contributed by atoms with van der Waals surface area (Å²) in [6.07, 6.45) is 2.29. The van der Waals surface area contributed by atoms with Crippen LogP contribution in [0.4, 0.5) is 0 Å². The van der Waals surface area contributed by atoms with E-state index in [1.54, 1.807) is 6.92 Å². The highest BCUT2D eigenvalue weighted by molar-refractivity contribution is 7.90. The smallest absolute Gasteiger partial charge is 0.323 e. The summed E-state index contributed by atoms with van der Waals surface area (Å²) < 4.78 is 25.7. The average Bonchev–Trinajstić information content (AvgIpc) is 2.67. The van der Waals surface area contributed by atoms with Gasteiger partial charge >= 0.3 is 5.97 Å². The molecule has 2 unspecified atom stereocenters. The fourth-order valence-corrected chi connectivity index (χ4v) is 3.01. The number of hydrogen-bond donors (Lipinski definition) is 2. The van der Waals surface area contributed by atoms with E-state index >= 15 is 0 Å². The van der Waals surface area contributed by atoms with Gasteiger partial charge in [-0.2, -0.15) is 0 Å². The van der Waals surface area contributed by atoms with Crippen molar-refractivity contribution >= 4 is 16.0 Å². The van der Waals surface area contributed by atoms with E-state index in [4.69, 9.17) is 5.11 Å². The fourth-order valence-electron chi connectivity index (χ4n) is 1.90. The molecule has 0 aromatic heterocycles. The Bertz CT molecular complexity index is 363. The Hall–Kier alpha value is -0.660. The average molecular weight is 264 g/mol. The van der Waals surface area contributed by atoms with Crippen molar-refractivity contribution in [2.75, 3.05) is 19.6 Å². The quantitative estimate of drug-likeness (QED) is 0.697. The lowest BCUT2D eigenvalue weighted by Crippen LogP contribution is -2.46. The van der Waals surface area contributed by atoms with Gasteiger partial charge in [0.15, 0.2) is 5.25 Å². The van der Waals surface area contributed by atoms with Crippen LogP contribution in [0.3, 0.4) is 0 Å². The maximum absolute atomic E-state index is 11.6. The molecular formula is C10H20N2O4S. The van der Waals surface area contributed by atoms with Crippen LogP contribution in [0.15, 0.2) is 0 Å². The van der Waals surface area contributed by atoms with E-state index in [0.29, 0.717) is 6.54 Å². The van der Waals surface area contributed by atoms with Crippen molar-refractivity contribution in [1.82, 2.24) is 9.62 Å². The highest BCUT2D eigenvalue weighted by atomic mass is 32.2. The molecule has 0 spiro atoms. The van der Waals surface area contributed by atoms with E-state index in [0.717, 1.165) is 25.9 Å². The number of carboxylic acids is 1. The third-order valence-corrected chi connectivity index (χ3v) is 4.77. The molecule has 0 aromatic rings. The summed E-state index contributed by atoms with van der Waals surface area (Å²) in [4.78, 5) is 12.8. The van der Waals surface area contributed by atoms with Gasteiger partial charge in [0.05, 0.1) is 0 Å². The van der Waals surface area contributed by atoms with Gasteiger partial charge in [0.1, 0.15) is 0 Å². The van der Waals surface area contributed by atoms with Gasteiger partial charge < -0.3 is 10.0 Å². The molecule has 0 amide bonds. The largest absolute Gasteiger partial charge is 0.480 e. The molecule has 2 atom stereocenters. The van der Waals surface area contributed by atoms with Crippen molar-refractivity contribution in [2.45, 2.75) is 38.0 Å². The predicted octanol–water partition coefficient (Wildman–Crippen LogP) is -0.137. The van der Waals surface area contributed by atoms with Crippen LogP contribution < -0.4 is 4.72 Å². The number of aliphatic carboxylic acids is 1. The second kappa shape index (κ2) is 5.79. The zero-order valence-electron chi connectivity index (χ0n) is 10.2. The highest BCUT2D eigenvalue weighted by Crippen LogP contribution is 2.08. The van der Waals surface area contributed by atoms with E-state index < -0.39 is 21.2 Å². The standard InChI is InChI=1S/C10H20N2O4S/c1-8(7-12-5-3-4-6-12)11-17(15,16)9(2)10(13)14/h8-9,11H,3-7H2,1-2H3,(H,13,14). The van der Waals surface area contributed by atoms with Gasteiger partial charge in [-0.3, -0.25) is 4.79 Å². The SMILES string of the molecule is CC(CN1CCCC1)NS(=O)(=O)C(C)C(=O)O. The van der Waals surface area contributed by atoms with Crippen molar-refractivity contribution in [3.8, 4) is 0 Å². The molecule has 6 nitrogen and oxygen atoms in total. The second-order valence-corrected chi connectivity index (χ2v) is 6.58. The summed E-state index contributed by atoms with van der Waals surface area (Å²) in [5.74, 6) is -1.33. The first-order valence-corrected chi connectivity index (χ1v) is 7.34. The third kappa shape index (κ3) is 4.25. The number of likely N-dealkylation sites (tertiary alicyclic amines) is 1. The Labute approximate surface area is 102 Å². The van der Waals surface area contributed by atoms with E-state index in [2.05, 4.69) is 9.62 Å². The minimum Gasteiger partial charge on any atom is -0.480 e. The first-order valence-electron chi connectivity index (χ1n) is 5.79. The third-order valence-electron chi connectivity index (χ3n) is 2.91. The second-order valence-electron chi connectivity index (χ2n) is 4.55. The zero-order valence-corrected chi connectivity index (χ0v) is 11.0. The van der Waals surface area contributed by atoms with E-state index in [9.17, 15) is 13.2 Å². The lowest BCUT2D eigenvalue weighted by atomic mass is 10.3. The normalized spacial score (nSPS) is 21.3. The fraction of sp³-hybridized carbons (Fsp3) is 0.900. The molecule has 7 heteroatoms. The highest BCUT2D eigenvalue weighted by Gasteiger charge is 2.29. The minimum absolute atomic E-state index is 0.264. The van der Waals surface area contributed by atoms with Crippen LogP contribution in [0.1, 0.15) is 26.7 Å². The van der Waals surface area contributed by atoms with Crippen LogP contribution in [0.25, 0.3) is 0 Å². The number of carboxylic acid groups (broad SMARTS) is 1. The minimum atomic E-state index is -3.78. The molecule has 1 heterocycles. The van der Waals surface area contributed by atoms with Crippen LogP contribution in [-0.4, -0.2) is 55.3 Å². The molecule has 1 rings (SSSR count). The van der Waals surface area contributed by atoms with Crippen LogP contribution in [0.2, 0.25) is 0 Å². The van der Waals surface area contributed by atoms with E-state index in [-0.39, 0.29) is 6.04 Å². The van der Waals surface area contributed by atoms with Gasteiger partial charge in [0.2, 0.25) is 10.0 Å². The molecule has 100 valence electrons. The lowest BCUT2D eigenvalue weighted by Gasteiger charge is -2.22. The van der Waals surface area contributed by atoms with Crippen LogP contribution in [0.5, 0.6) is 0 Å². The summed E-state index contributed by atoms with van der Waals surface area (Å²) in [5.41, 5.74) is 0. The van der Waals surface area contributed by atoms with E-state index in [1.165, 1.54) is 6.92 Å². The molecule has 17 heavy (non-hydrogen) atoms. The number of rotatable bonds is 6. The summed E-state index contributed by atoms with van der Waals surface area (Å²) in [6.45, 7) is 5.53. The summed E-state index contributed by atoms with van der Waals surface area (Å²) >= 11 is 0. The first kappa shape index (κ1) is 14.4. The van der Waals surface area contributed by atoms with Crippen molar-refractivity contribution < 1.29 is 18.3 Å². The maximum Gasteiger partial charge on any atom is 0.323 e. The van der Waals surface area contributed by atoms with Crippen molar-refractivity contribution in [3.63, 3.8) is 0 Å². The summed E-state index contributed by atoms with van der Waals surface area (Å²) in [6, 6.07) is -0.264. The molecule has 1 fully saturated rings. The van der Waals surface area contributed by atoms with Gasteiger partial charge in [-0.05, 0) is 39.8 Å². The monoisotopic (exact) mass is 264 g/mol. The van der Waals surface area contributed by atoms with Gasteiger partial charge in [-0.25, -0.2) is 13.1 Å². The number of nitrogens with one attached hydrogen (secondary N) is 1. The first-order chi connectivity index (χ1) is 7.83. The van der Waals surface area contributed by atoms with Crippen molar-refractivity contribution in [2.24, 2.45) is 0 Å². The predicted molar refractivity (Wildman–Crippen MR) is 64.3 cm³/mol. The molecule has 0 bridgehead atoms. The molecule has 0 saturated carbocycles. The Morgan fingerprint density at radius 2 is 1.88 bits per heavy atom. The van der Waals surface area contributed by atoms with E-state index in [1.807, 2.05) is 0 Å². The Kier molecular flexibility index (Phi) is 4.91. The van der Waals surface area contributed by atoms with Gasteiger partial charge in [0.25, 0.3) is 0 Å². The van der Waals surface area contributed by atoms with Crippen LogP contribution in [-0.2, 0) is 14.8 Å². The molecule has 0 aliphatic carbocycles. The molecule has 2 N–H and O–H groups in total. The van der Waals surface area contributed by atoms with Crippen LogP contribution in [0, 0.1) is 0 Å². The molecule has 1 saturated heterocycles. The number of hydrogen-bond acceptors (Lipinski definition) is 4. The maximum atomic E-state index is 11.6. The topological polar surface area (TPSA) is 86.7 Å². The molecule has 0 aromatic carbocycles. The van der Waals surface area contributed by atoms with Crippen LogP contribution >= 0.6 is 0 Å². The zero-order chi connectivity index (χ0) is 13.1. The van der Waals surface area contributed by atoms with Gasteiger partial charge in [-0.1, -0.05) is 0 Å². The molecule has 0 radical (unpaired) electrons. The van der Waals surface area contributed by atoms with Crippen molar-refractivity contribution in [3.05, 3.63) is 0 Å². The van der Waals surface area contributed by atoms with Gasteiger partial charge in [-0.15, -0.1) is 0 Å². The number of sulfonamides is 1.